The molecular formula is C11H16N2O. The summed E-state index contributed by atoms with van der Waals surface area (Å²) < 4.78 is 5.38. The highest BCUT2D eigenvalue weighted by Gasteiger charge is 2.19. The third kappa shape index (κ3) is 2.04. The molecule has 0 aromatic carbocycles. The van der Waals surface area contributed by atoms with Crippen LogP contribution in [0.2, 0.25) is 0 Å². The summed E-state index contributed by atoms with van der Waals surface area (Å²) in [4.78, 5) is 6.47. The van der Waals surface area contributed by atoms with Crippen molar-refractivity contribution in [3.05, 3.63) is 24.5 Å². The van der Waals surface area contributed by atoms with Crippen LogP contribution in [-0.2, 0) is 4.74 Å². The van der Waals surface area contributed by atoms with Crippen LogP contribution in [0.3, 0.4) is 0 Å². The van der Waals surface area contributed by atoms with Gasteiger partial charge in [-0.15, -0.1) is 0 Å². The standard InChI is InChI=1S/C11H16N2O/c1-14-11-5-3-7-13(9-11)10-4-2-6-12-8-10/h2,4,6,8,11H,3,5,7,9H2,1H3/t11-/m0/s1. The fraction of sp³-hybridized carbons (Fsp3) is 0.545. The van der Waals surface area contributed by atoms with E-state index in [1.54, 1.807) is 13.3 Å². The molecule has 0 radical (unpaired) electrons. The van der Waals surface area contributed by atoms with Crippen molar-refractivity contribution >= 4 is 5.69 Å². The second-order valence-electron chi connectivity index (χ2n) is 3.66. The lowest BCUT2D eigenvalue weighted by molar-refractivity contribution is 0.0893. The number of methoxy groups -OCH3 is 1. The van der Waals surface area contributed by atoms with Gasteiger partial charge in [0, 0.05) is 26.4 Å². The van der Waals surface area contributed by atoms with Crippen LogP contribution in [-0.4, -0.2) is 31.3 Å². The topological polar surface area (TPSA) is 25.4 Å². The SMILES string of the molecule is CO[C@H]1CCCN(c2cccnc2)C1. The molecule has 1 aromatic rings. The van der Waals surface area contributed by atoms with Gasteiger partial charge in [0.05, 0.1) is 18.0 Å². The van der Waals surface area contributed by atoms with Crippen molar-refractivity contribution in [2.45, 2.75) is 18.9 Å². The molecule has 1 atom stereocenters. The fourth-order valence-electron chi connectivity index (χ4n) is 1.91. The number of hydrogen-bond donors (Lipinski definition) is 0. The maximum absolute atomic E-state index is 5.38. The first-order chi connectivity index (χ1) is 6.90. The number of nitrogens with zero attached hydrogens (tertiary/aromatic N) is 2. The summed E-state index contributed by atoms with van der Waals surface area (Å²) in [6.45, 7) is 2.10. The molecule has 0 N–H and O–H groups in total. The van der Waals surface area contributed by atoms with E-state index in [0.717, 1.165) is 13.1 Å². The number of rotatable bonds is 2. The number of ether oxygens (including phenoxy) is 1. The Kier molecular flexibility index (Phi) is 2.99. The van der Waals surface area contributed by atoms with Crippen molar-refractivity contribution in [1.82, 2.24) is 4.98 Å². The smallest absolute Gasteiger partial charge is 0.0746 e. The molecule has 1 saturated heterocycles. The number of piperidine rings is 1. The summed E-state index contributed by atoms with van der Waals surface area (Å²) in [7, 11) is 1.79. The molecule has 1 aliphatic heterocycles. The average Bonchev–Trinajstić information content (AvgIpc) is 2.30. The predicted octanol–water partition coefficient (Wildman–Crippen LogP) is 1.70. The van der Waals surface area contributed by atoms with Gasteiger partial charge in [0.25, 0.3) is 0 Å². The maximum atomic E-state index is 5.38. The first-order valence-corrected chi connectivity index (χ1v) is 5.08. The highest BCUT2D eigenvalue weighted by atomic mass is 16.5. The van der Waals surface area contributed by atoms with Gasteiger partial charge < -0.3 is 9.64 Å². The molecule has 14 heavy (non-hydrogen) atoms. The number of hydrogen-bond acceptors (Lipinski definition) is 3. The molecule has 2 rings (SSSR count). The van der Waals surface area contributed by atoms with E-state index in [2.05, 4.69) is 16.0 Å². The van der Waals surface area contributed by atoms with E-state index in [1.807, 2.05) is 12.3 Å². The molecule has 0 spiro atoms. The van der Waals surface area contributed by atoms with Crippen LogP contribution in [0.1, 0.15) is 12.8 Å². The van der Waals surface area contributed by atoms with Crippen molar-refractivity contribution in [3.63, 3.8) is 0 Å². The quantitative estimate of drug-likeness (QED) is 0.713. The van der Waals surface area contributed by atoms with Gasteiger partial charge in [-0.2, -0.15) is 0 Å². The van der Waals surface area contributed by atoms with E-state index in [9.17, 15) is 0 Å². The minimum Gasteiger partial charge on any atom is -0.380 e. The minimum atomic E-state index is 0.379. The number of anilines is 1. The van der Waals surface area contributed by atoms with E-state index in [0.29, 0.717) is 6.10 Å². The third-order valence-corrected chi connectivity index (χ3v) is 2.72. The van der Waals surface area contributed by atoms with Crippen molar-refractivity contribution in [3.8, 4) is 0 Å². The van der Waals surface area contributed by atoms with Crippen molar-refractivity contribution < 1.29 is 4.74 Å². The summed E-state index contributed by atoms with van der Waals surface area (Å²) in [6, 6.07) is 4.08. The predicted molar refractivity (Wildman–Crippen MR) is 56.5 cm³/mol. The Hall–Kier alpha value is -1.09. The van der Waals surface area contributed by atoms with Gasteiger partial charge in [-0.25, -0.2) is 0 Å². The molecule has 76 valence electrons. The van der Waals surface area contributed by atoms with E-state index in [-0.39, 0.29) is 0 Å². The lowest BCUT2D eigenvalue weighted by atomic mass is 10.1. The zero-order valence-corrected chi connectivity index (χ0v) is 8.52. The van der Waals surface area contributed by atoms with Gasteiger partial charge in [0.1, 0.15) is 0 Å². The molecule has 3 heteroatoms. The molecule has 0 amide bonds. The zero-order valence-electron chi connectivity index (χ0n) is 8.52. The summed E-state index contributed by atoms with van der Waals surface area (Å²) in [6.07, 6.45) is 6.48. The Bertz CT molecular complexity index is 276. The second kappa shape index (κ2) is 4.42. The maximum Gasteiger partial charge on any atom is 0.0746 e. The molecular weight excluding hydrogens is 176 g/mol. The molecule has 0 unspecified atom stereocenters. The Labute approximate surface area is 84.7 Å². The number of pyridine rings is 1. The van der Waals surface area contributed by atoms with Gasteiger partial charge >= 0.3 is 0 Å². The van der Waals surface area contributed by atoms with Crippen molar-refractivity contribution in [1.29, 1.82) is 0 Å². The van der Waals surface area contributed by atoms with Crippen LogP contribution < -0.4 is 4.90 Å². The molecule has 3 nitrogen and oxygen atoms in total. The van der Waals surface area contributed by atoms with Crippen molar-refractivity contribution in [2.24, 2.45) is 0 Å². The highest BCUT2D eigenvalue weighted by molar-refractivity contribution is 5.44. The Balaban J connectivity index is 2.04. The molecule has 0 bridgehead atoms. The fourth-order valence-corrected chi connectivity index (χ4v) is 1.91. The first-order valence-electron chi connectivity index (χ1n) is 5.08. The monoisotopic (exact) mass is 192 g/mol. The Morgan fingerprint density at radius 2 is 2.50 bits per heavy atom. The minimum absolute atomic E-state index is 0.379. The molecule has 0 saturated carbocycles. The Morgan fingerprint density at radius 3 is 3.21 bits per heavy atom. The van der Waals surface area contributed by atoms with Crippen LogP contribution in [0.5, 0.6) is 0 Å². The second-order valence-corrected chi connectivity index (χ2v) is 3.66. The molecule has 1 fully saturated rings. The van der Waals surface area contributed by atoms with E-state index in [4.69, 9.17) is 4.74 Å². The highest BCUT2D eigenvalue weighted by Crippen LogP contribution is 2.19. The molecule has 1 aliphatic rings. The first kappa shape index (κ1) is 9.46. The molecule has 1 aromatic heterocycles. The molecule has 2 heterocycles. The van der Waals surface area contributed by atoms with Gasteiger partial charge in [0.2, 0.25) is 0 Å². The molecule has 0 aliphatic carbocycles. The van der Waals surface area contributed by atoms with Crippen LogP contribution in [0.25, 0.3) is 0 Å². The zero-order chi connectivity index (χ0) is 9.80. The Morgan fingerprint density at radius 1 is 1.57 bits per heavy atom. The van der Waals surface area contributed by atoms with Crippen LogP contribution in [0.4, 0.5) is 5.69 Å². The largest absolute Gasteiger partial charge is 0.380 e. The van der Waals surface area contributed by atoms with E-state index < -0.39 is 0 Å². The van der Waals surface area contributed by atoms with E-state index in [1.165, 1.54) is 18.5 Å². The van der Waals surface area contributed by atoms with Crippen molar-refractivity contribution in [2.75, 3.05) is 25.1 Å². The summed E-state index contributed by atoms with van der Waals surface area (Å²) in [5, 5.41) is 0. The normalized spacial score (nSPS) is 22.4. The van der Waals surface area contributed by atoms with Gasteiger partial charge in [-0.3, -0.25) is 4.98 Å². The van der Waals surface area contributed by atoms with Crippen LogP contribution in [0.15, 0.2) is 24.5 Å². The number of aromatic nitrogens is 1. The van der Waals surface area contributed by atoms with Gasteiger partial charge in [0.15, 0.2) is 0 Å². The lowest BCUT2D eigenvalue weighted by Gasteiger charge is -2.33. The van der Waals surface area contributed by atoms with Crippen LogP contribution >= 0.6 is 0 Å². The van der Waals surface area contributed by atoms with Crippen LogP contribution in [0, 0.1) is 0 Å². The summed E-state index contributed by atoms with van der Waals surface area (Å²) in [5.41, 5.74) is 1.20. The van der Waals surface area contributed by atoms with Gasteiger partial charge in [-0.1, -0.05) is 0 Å². The van der Waals surface area contributed by atoms with E-state index >= 15 is 0 Å². The van der Waals surface area contributed by atoms with Gasteiger partial charge in [-0.05, 0) is 25.0 Å². The summed E-state index contributed by atoms with van der Waals surface area (Å²) in [5.74, 6) is 0. The third-order valence-electron chi connectivity index (χ3n) is 2.72. The summed E-state index contributed by atoms with van der Waals surface area (Å²) >= 11 is 0. The lowest BCUT2D eigenvalue weighted by Crippen LogP contribution is -2.39. The average molecular weight is 192 g/mol.